The molecule has 0 spiro atoms. The van der Waals surface area contributed by atoms with Crippen LogP contribution in [-0.4, -0.2) is 39.1 Å². The molecular formula is C25H32F2N3O4P. The number of aliphatic hydroxyl groups excluding tert-OH is 2. The third-order valence-electron chi connectivity index (χ3n) is 5.18. The maximum Gasteiger partial charge on any atom is 0.408 e. The van der Waals surface area contributed by atoms with Gasteiger partial charge in [0.05, 0.1) is 6.61 Å². The minimum Gasteiger partial charge on any atom is -0.430 e. The number of halogens is 2. The molecule has 2 unspecified atom stereocenters. The zero-order valence-corrected chi connectivity index (χ0v) is 21.0. The van der Waals surface area contributed by atoms with Crippen molar-refractivity contribution in [2.24, 2.45) is 0 Å². The number of ether oxygens (including phenoxy) is 1. The lowest BCUT2D eigenvalue weighted by Gasteiger charge is -2.18. The van der Waals surface area contributed by atoms with Gasteiger partial charge in [0.15, 0.2) is 5.78 Å². The first-order valence-electron chi connectivity index (χ1n) is 11.4. The van der Waals surface area contributed by atoms with Crippen molar-refractivity contribution in [3.05, 3.63) is 59.3 Å². The van der Waals surface area contributed by atoms with Crippen LogP contribution in [-0.2, 0) is 4.79 Å². The number of aliphatic hydroxyl groups is 2. The molecule has 0 saturated carbocycles. The SMILES string of the molecule is CCC(=N)c1c(C(O)CO)ccnc1Nc1ccc(OC(F)(F)P)cc1.CCCC(=O)C1=CCC1. The number of hydrogen-bond donors (Lipinski definition) is 4. The number of pyridine rings is 1. The van der Waals surface area contributed by atoms with Gasteiger partial charge in [0.25, 0.3) is 0 Å². The molecule has 0 radical (unpaired) electrons. The van der Waals surface area contributed by atoms with E-state index >= 15 is 0 Å². The summed E-state index contributed by atoms with van der Waals surface area (Å²) >= 11 is 0. The maximum atomic E-state index is 12.8. The predicted octanol–water partition coefficient (Wildman–Crippen LogP) is 5.51. The number of aromatic nitrogens is 1. The summed E-state index contributed by atoms with van der Waals surface area (Å²) in [4.78, 5) is 15.2. The van der Waals surface area contributed by atoms with Gasteiger partial charge in [-0.15, -0.1) is 0 Å². The Bertz CT molecular complexity index is 1040. The number of anilines is 2. The van der Waals surface area contributed by atoms with Gasteiger partial charge in [-0.3, -0.25) is 4.79 Å². The fraction of sp³-hybridized carbons (Fsp3) is 0.400. The molecule has 2 atom stereocenters. The van der Waals surface area contributed by atoms with Crippen LogP contribution in [0.5, 0.6) is 5.75 Å². The smallest absolute Gasteiger partial charge is 0.408 e. The first kappa shape index (κ1) is 28.5. The van der Waals surface area contributed by atoms with E-state index in [-0.39, 0.29) is 11.5 Å². The summed E-state index contributed by atoms with van der Waals surface area (Å²) in [6.07, 6.45) is 6.63. The van der Waals surface area contributed by atoms with Gasteiger partial charge in [0.1, 0.15) is 17.7 Å². The number of Topliss-reactive ketones (excluding diaryl/α,β-unsaturated/α-hetero) is 1. The van der Waals surface area contributed by atoms with Crippen LogP contribution in [0.15, 0.2) is 48.2 Å². The van der Waals surface area contributed by atoms with Crippen molar-refractivity contribution in [3.63, 3.8) is 0 Å². The minimum atomic E-state index is -3.35. The summed E-state index contributed by atoms with van der Waals surface area (Å²) in [6, 6.07) is 7.35. The van der Waals surface area contributed by atoms with Crippen LogP contribution in [0.1, 0.15) is 63.2 Å². The fourth-order valence-corrected chi connectivity index (χ4v) is 3.41. The number of carbonyl (C=O) groups is 1. The molecule has 0 aliphatic heterocycles. The highest BCUT2D eigenvalue weighted by Crippen LogP contribution is 2.30. The van der Waals surface area contributed by atoms with Gasteiger partial charge in [0.2, 0.25) is 0 Å². The second kappa shape index (κ2) is 13.4. The van der Waals surface area contributed by atoms with Crippen LogP contribution in [0.25, 0.3) is 0 Å². The Hall–Kier alpha value is -2.74. The molecule has 2 aromatic rings. The number of benzene rings is 1. The van der Waals surface area contributed by atoms with Gasteiger partial charge >= 0.3 is 5.85 Å². The van der Waals surface area contributed by atoms with Gasteiger partial charge in [-0.25, -0.2) is 4.98 Å². The summed E-state index contributed by atoms with van der Waals surface area (Å²) in [7, 11) is 1.30. The number of hydrogen-bond acceptors (Lipinski definition) is 7. The molecule has 190 valence electrons. The van der Waals surface area contributed by atoms with Gasteiger partial charge in [0, 0.05) is 29.6 Å². The van der Waals surface area contributed by atoms with E-state index in [1.165, 1.54) is 39.7 Å². The van der Waals surface area contributed by atoms with Gasteiger partial charge in [-0.1, -0.05) is 19.9 Å². The van der Waals surface area contributed by atoms with E-state index in [9.17, 15) is 23.8 Å². The number of rotatable bonds is 11. The predicted molar refractivity (Wildman–Crippen MR) is 136 cm³/mol. The number of nitrogens with zero attached hydrogens (tertiary/aromatic N) is 1. The van der Waals surface area contributed by atoms with E-state index in [0.29, 0.717) is 34.8 Å². The molecule has 1 heterocycles. The van der Waals surface area contributed by atoms with Crippen molar-refractivity contribution in [1.29, 1.82) is 5.41 Å². The summed E-state index contributed by atoms with van der Waals surface area (Å²) in [5.74, 6) is -2.67. The third-order valence-corrected chi connectivity index (χ3v) is 5.30. The van der Waals surface area contributed by atoms with Crippen LogP contribution >= 0.6 is 9.24 Å². The zero-order chi connectivity index (χ0) is 26.0. The highest BCUT2D eigenvalue weighted by molar-refractivity contribution is 7.17. The third kappa shape index (κ3) is 8.76. The van der Waals surface area contributed by atoms with Crippen molar-refractivity contribution < 1.29 is 28.5 Å². The molecule has 1 aromatic heterocycles. The summed E-state index contributed by atoms with van der Waals surface area (Å²) in [5, 5.41) is 30.4. The van der Waals surface area contributed by atoms with Crippen molar-refractivity contribution in [2.75, 3.05) is 11.9 Å². The van der Waals surface area contributed by atoms with Gasteiger partial charge in [-0.2, -0.15) is 8.78 Å². The van der Waals surface area contributed by atoms with E-state index in [1.807, 2.05) is 13.0 Å². The van der Waals surface area contributed by atoms with Crippen molar-refractivity contribution in [2.45, 2.75) is 57.9 Å². The molecule has 1 aromatic carbocycles. The monoisotopic (exact) mass is 507 g/mol. The zero-order valence-electron chi connectivity index (χ0n) is 19.9. The standard InChI is InChI=1S/C17H20F2N3O3P.C8H12O/c1-2-13(20)15-12(14(24)9-23)7-8-21-16(15)22-10-3-5-11(6-4-10)25-17(18,19)26;1-2-4-8(9)7-5-3-6-7/h3-8,14,20,23-24H,2,9,26H2,1H3,(H,21,22);5H,2-4,6H2,1H3. The van der Waals surface area contributed by atoms with E-state index in [0.717, 1.165) is 31.3 Å². The fourth-order valence-electron chi connectivity index (χ4n) is 3.27. The number of allylic oxidation sites excluding steroid dienone is 2. The Labute approximate surface area is 206 Å². The average molecular weight is 508 g/mol. The molecule has 0 saturated heterocycles. The van der Waals surface area contributed by atoms with E-state index < -0.39 is 18.6 Å². The Morgan fingerprint density at radius 1 is 1.29 bits per heavy atom. The minimum absolute atomic E-state index is 0.00510. The lowest BCUT2D eigenvalue weighted by Crippen LogP contribution is -2.15. The van der Waals surface area contributed by atoms with Crippen LogP contribution in [0.3, 0.4) is 0 Å². The van der Waals surface area contributed by atoms with Gasteiger partial charge in [-0.05, 0) is 76.4 Å². The first-order chi connectivity index (χ1) is 16.6. The second-order valence-corrected chi connectivity index (χ2v) is 8.58. The molecule has 35 heavy (non-hydrogen) atoms. The Morgan fingerprint density at radius 3 is 2.43 bits per heavy atom. The number of alkyl halides is 2. The molecule has 1 aliphatic carbocycles. The normalized spacial score (nSPS) is 13.5. The molecule has 3 rings (SSSR count). The van der Waals surface area contributed by atoms with Crippen LogP contribution in [0, 0.1) is 5.41 Å². The summed E-state index contributed by atoms with van der Waals surface area (Å²) in [5.41, 5.74) is 2.63. The lowest BCUT2D eigenvalue weighted by molar-refractivity contribution is -0.116. The van der Waals surface area contributed by atoms with E-state index in [1.54, 1.807) is 13.0 Å². The lowest BCUT2D eigenvalue weighted by atomic mass is 9.93. The Balaban J connectivity index is 0.000000402. The quantitative estimate of drug-likeness (QED) is 0.236. The van der Waals surface area contributed by atoms with E-state index in [4.69, 9.17) is 5.41 Å². The topological polar surface area (TPSA) is 116 Å². The number of carbonyl (C=O) groups excluding carboxylic acids is 1. The summed E-state index contributed by atoms with van der Waals surface area (Å²) in [6.45, 7) is 3.35. The molecule has 0 amide bonds. The summed E-state index contributed by atoms with van der Waals surface area (Å²) < 4.78 is 30.1. The average Bonchev–Trinajstić information content (AvgIpc) is 2.77. The first-order valence-corrected chi connectivity index (χ1v) is 12.0. The number of ketones is 1. The second-order valence-electron chi connectivity index (χ2n) is 7.91. The van der Waals surface area contributed by atoms with Crippen molar-refractivity contribution >= 4 is 32.2 Å². The van der Waals surface area contributed by atoms with Crippen molar-refractivity contribution in [1.82, 2.24) is 4.98 Å². The van der Waals surface area contributed by atoms with Crippen LogP contribution < -0.4 is 10.1 Å². The number of nitrogens with one attached hydrogen (secondary N) is 2. The molecule has 0 fully saturated rings. The van der Waals surface area contributed by atoms with Crippen molar-refractivity contribution in [3.8, 4) is 5.75 Å². The van der Waals surface area contributed by atoms with Gasteiger partial charge < -0.3 is 25.7 Å². The molecular weight excluding hydrogens is 475 g/mol. The Kier molecular flexibility index (Phi) is 10.9. The van der Waals surface area contributed by atoms with E-state index in [2.05, 4.69) is 15.0 Å². The maximum absolute atomic E-state index is 12.8. The highest BCUT2D eigenvalue weighted by Gasteiger charge is 2.23. The highest BCUT2D eigenvalue weighted by atomic mass is 31.0. The molecule has 0 bridgehead atoms. The Morgan fingerprint density at radius 2 is 1.94 bits per heavy atom. The largest absolute Gasteiger partial charge is 0.430 e. The molecule has 7 nitrogen and oxygen atoms in total. The molecule has 4 N–H and O–H groups in total. The molecule has 1 aliphatic rings. The van der Waals surface area contributed by atoms with Crippen LogP contribution in [0.4, 0.5) is 20.3 Å². The van der Waals surface area contributed by atoms with Crippen LogP contribution in [0.2, 0.25) is 0 Å². The molecule has 10 heteroatoms.